The second-order valence-corrected chi connectivity index (χ2v) is 15.5. The smallest absolute Gasteiger partial charge is 0.312 e. The predicted molar refractivity (Wildman–Crippen MR) is 209 cm³/mol. The zero-order valence-corrected chi connectivity index (χ0v) is 34.3. The van der Waals surface area contributed by atoms with Crippen LogP contribution in [0.3, 0.4) is 0 Å². The van der Waals surface area contributed by atoms with Crippen molar-refractivity contribution < 1.29 is 47.3 Å². The number of nitrogens with zero attached hydrogens (tertiary/aromatic N) is 4. The highest BCUT2D eigenvalue weighted by Crippen LogP contribution is 2.40. The minimum absolute atomic E-state index is 0.0134. The van der Waals surface area contributed by atoms with Gasteiger partial charge in [-0.25, -0.2) is 4.98 Å². The molecule has 2 aromatic carbocycles. The Morgan fingerprint density at radius 1 is 0.860 bits per heavy atom. The van der Waals surface area contributed by atoms with E-state index in [0.29, 0.717) is 22.6 Å². The van der Waals surface area contributed by atoms with Crippen LogP contribution in [0, 0.1) is 46.1 Å². The molecule has 15 heteroatoms. The van der Waals surface area contributed by atoms with E-state index >= 15 is 0 Å². The molecule has 304 valence electrons. The van der Waals surface area contributed by atoms with E-state index in [-0.39, 0.29) is 36.4 Å². The Morgan fingerprint density at radius 2 is 1.37 bits per heavy atom. The summed E-state index contributed by atoms with van der Waals surface area (Å²) >= 11 is 0. The Hall–Kier alpha value is -5.88. The lowest BCUT2D eigenvalue weighted by Crippen LogP contribution is -2.52. The maximum atomic E-state index is 14.4. The first-order chi connectivity index (χ1) is 26.5. The lowest BCUT2D eigenvalue weighted by atomic mass is 9.78. The standard InChI is InChI=1S/C42H50FN5O9/c1-13-42(53-12,21-54-32(51)18-40(8,9)34-25(4)14-23(2)16-29(34)55-27(6)49)31(20-48-22-45-36-37(44)46-39(43)47-38(36)48)57-33(52)19-41(10,11)35-26(5)15-24(3)17-30(35)56-28(7)50/h1,14-17,22,31H,18-21H2,2-12H3,(H2,44,46,47)/t31-,42+/m0/s1. The molecule has 0 spiro atoms. The van der Waals surface area contributed by atoms with Gasteiger partial charge in [0, 0.05) is 42.9 Å². The molecule has 2 atom stereocenters. The molecule has 0 aliphatic carbocycles. The zero-order valence-electron chi connectivity index (χ0n) is 34.3. The van der Waals surface area contributed by atoms with E-state index < -0.39 is 59.1 Å². The quantitative estimate of drug-likeness (QED) is 0.0657. The van der Waals surface area contributed by atoms with E-state index in [9.17, 15) is 23.6 Å². The first kappa shape index (κ1) is 43.8. The van der Waals surface area contributed by atoms with Crippen LogP contribution in [-0.4, -0.2) is 68.8 Å². The lowest BCUT2D eigenvalue weighted by Gasteiger charge is -2.36. The summed E-state index contributed by atoms with van der Waals surface area (Å²) in [7, 11) is 1.27. The lowest BCUT2D eigenvalue weighted by molar-refractivity contribution is -0.175. The fourth-order valence-corrected chi connectivity index (χ4v) is 7.41. The second-order valence-electron chi connectivity index (χ2n) is 15.5. The number of hydrogen-bond acceptors (Lipinski definition) is 13. The Bertz CT molecular complexity index is 2260. The number of fused-ring (bicyclic) bond motifs is 1. The molecule has 2 N–H and O–H groups in total. The Morgan fingerprint density at radius 3 is 1.84 bits per heavy atom. The molecule has 0 aliphatic heterocycles. The number of hydrogen-bond donors (Lipinski definition) is 1. The van der Waals surface area contributed by atoms with Crippen LogP contribution in [0.15, 0.2) is 30.6 Å². The normalized spacial score (nSPS) is 13.3. The van der Waals surface area contributed by atoms with Crippen molar-refractivity contribution in [3.8, 4) is 23.8 Å². The molecule has 2 heterocycles. The molecule has 0 fully saturated rings. The number of esters is 4. The fourth-order valence-electron chi connectivity index (χ4n) is 7.41. The van der Waals surface area contributed by atoms with Crippen molar-refractivity contribution in [2.24, 2.45) is 0 Å². The molecule has 0 amide bonds. The van der Waals surface area contributed by atoms with Gasteiger partial charge in [-0.05, 0) is 62.1 Å². The number of methoxy groups -OCH3 is 1. The molecule has 14 nitrogen and oxygen atoms in total. The number of benzene rings is 2. The molecule has 0 unspecified atom stereocenters. The predicted octanol–water partition coefficient (Wildman–Crippen LogP) is 5.84. The van der Waals surface area contributed by atoms with Crippen LogP contribution in [-0.2, 0) is 50.8 Å². The molecule has 0 aliphatic rings. The van der Waals surface area contributed by atoms with Gasteiger partial charge < -0.3 is 34.0 Å². The summed E-state index contributed by atoms with van der Waals surface area (Å²) in [6.45, 7) is 16.4. The largest absolute Gasteiger partial charge is 0.461 e. The van der Waals surface area contributed by atoms with Crippen molar-refractivity contribution in [3.63, 3.8) is 0 Å². The highest BCUT2D eigenvalue weighted by Gasteiger charge is 2.44. The molecule has 4 rings (SSSR count). The van der Waals surface area contributed by atoms with Gasteiger partial charge >= 0.3 is 30.0 Å². The summed E-state index contributed by atoms with van der Waals surface area (Å²) in [5, 5.41) is 0. The SMILES string of the molecule is C#C[C@](COC(=O)CC(C)(C)c1c(C)cc(C)cc1OC(C)=O)(OC)[C@H](Cn1cnc2c(N)nc(F)nc21)OC(=O)CC(C)(C)c1c(C)cc(C)cc1OC(C)=O. The molecule has 0 bridgehead atoms. The van der Waals surface area contributed by atoms with Gasteiger partial charge in [0.2, 0.25) is 5.60 Å². The molecular weight excluding hydrogens is 737 g/mol. The number of nitrogens with two attached hydrogens (primary N) is 1. The summed E-state index contributed by atoms with van der Waals surface area (Å²) in [6, 6.07) is 7.28. The number of carbonyl (C=O) groups is 4. The highest BCUT2D eigenvalue weighted by atomic mass is 19.1. The van der Waals surface area contributed by atoms with Crippen molar-refractivity contribution in [2.75, 3.05) is 19.5 Å². The van der Waals surface area contributed by atoms with Gasteiger partial charge in [0.05, 0.1) is 25.7 Å². The number of halogens is 1. The molecule has 0 saturated heterocycles. The third-order valence-corrected chi connectivity index (χ3v) is 9.60. The van der Waals surface area contributed by atoms with Gasteiger partial charge in [0.1, 0.15) is 23.6 Å². The average molecular weight is 788 g/mol. The number of rotatable bonds is 15. The van der Waals surface area contributed by atoms with Crippen LogP contribution >= 0.6 is 0 Å². The summed E-state index contributed by atoms with van der Waals surface area (Å²) in [5.74, 6) is 0.510. The highest BCUT2D eigenvalue weighted by molar-refractivity contribution is 5.81. The minimum Gasteiger partial charge on any atom is -0.461 e. The van der Waals surface area contributed by atoms with Crippen molar-refractivity contribution >= 4 is 40.9 Å². The first-order valence-corrected chi connectivity index (χ1v) is 18.1. The van der Waals surface area contributed by atoms with Crippen molar-refractivity contribution in [3.05, 3.63) is 70.1 Å². The van der Waals surface area contributed by atoms with E-state index in [1.807, 2.05) is 53.7 Å². The van der Waals surface area contributed by atoms with Gasteiger partial charge in [-0.15, -0.1) is 6.42 Å². The average Bonchev–Trinajstić information content (AvgIpc) is 3.45. The van der Waals surface area contributed by atoms with Crippen molar-refractivity contribution in [1.82, 2.24) is 19.5 Å². The van der Waals surface area contributed by atoms with E-state index in [1.54, 1.807) is 26.0 Å². The number of ether oxygens (including phenoxy) is 5. The van der Waals surface area contributed by atoms with Crippen molar-refractivity contribution in [1.29, 1.82) is 0 Å². The van der Waals surface area contributed by atoms with Crippen LogP contribution in [0.1, 0.15) is 87.8 Å². The summed E-state index contributed by atoms with van der Waals surface area (Å²) in [4.78, 5) is 63.3. The van der Waals surface area contributed by atoms with Crippen LogP contribution in [0.25, 0.3) is 11.2 Å². The second kappa shape index (κ2) is 17.1. The van der Waals surface area contributed by atoms with Gasteiger partial charge in [0.15, 0.2) is 17.6 Å². The van der Waals surface area contributed by atoms with E-state index in [2.05, 4.69) is 20.9 Å². The third-order valence-electron chi connectivity index (χ3n) is 9.60. The summed E-state index contributed by atoms with van der Waals surface area (Å²) < 4.78 is 44.6. The van der Waals surface area contributed by atoms with Crippen LogP contribution in [0.2, 0.25) is 0 Å². The molecule has 2 aromatic heterocycles. The van der Waals surface area contributed by atoms with Gasteiger partial charge in [-0.2, -0.15) is 14.4 Å². The van der Waals surface area contributed by atoms with E-state index in [1.165, 1.54) is 31.9 Å². The Kier molecular flexibility index (Phi) is 13.1. The Balaban J connectivity index is 1.69. The third kappa shape index (κ3) is 10.1. The maximum absolute atomic E-state index is 14.4. The summed E-state index contributed by atoms with van der Waals surface area (Å²) in [6.07, 6.45) is 4.52. The number of nitrogen functional groups attached to an aromatic ring is 1. The van der Waals surface area contributed by atoms with Crippen LogP contribution in [0.5, 0.6) is 11.5 Å². The molecule has 0 radical (unpaired) electrons. The van der Waals surface area contributed by atoms with E-state index in [4.69, 9.17) is 35.8 Å². The zero-order chi connectivity index (χ0) is 42.6. The monoisotopic (exact) mass is 787 g/mol. The van der Waals surface area contributed by atoms with E-state index in [0.717, 1.165) is 22.3 Å². The van der Waals surface area contributed by atoms with Gasteiger partial charge in [-0.1, -0.05) is 45.7 Å². The number of terminal acetylenes is 1. The Labute approximate surface area is 331 Å². The minimum atomic E-state index is -1.90. The number of imidazole rings is 1. The molecule has 0 saturated carbocycles. The summed E-state index contributed by atoms with van der Waals surface area (Å²) in [5.41, 5.74) is 6.83. The number of aromatic nitrogens is 4. The van der Waals surface area contributed by atoms with Crippen molar-refractivity contribution in [2.45, 2.75) is 111 Å². The van der Waals surface area contributed by atoms with Gasteiger partial charge in [0.25, 0.3) is 0 Å². The number of aryl methyl sites for hydroxylation is 4. The number of carbonyl (C=O) groups excluding carboxylic acids is 4. The molecule has 4 aromatic rings. The first-order valence-electron chi connectivity index (χ1n) is 18.1. The topological polar surface area (TPSA) is 184 Å². The fraction of sp³-hybridized carbons (Fsp3) is 0.452. The van der Waals surface area contributed by atoms with Crippen LogP contribution < -0.4 is 15.2 Å². The maximum Gasteiger partial charge on any atom is 0.312 e. The van der Waals surface area contributed by atoms with Crippen LogP contribution in [0.4, 0.5) is 10.2 Å². The number of anilines is 1. The molecular formula is C42H50FN5O9. The molecule has 57 heavy (non-hydrogen) atoms. The van der Waals surface area contributed by atoms with Gasteiger partial charge in [-0.3, -0.25) is 19.2 Å².